The van der Waals surface area contributed by atoms with Gasteiger partial charge in [-0.05, 0) is 26.0 Å². The minimum Gasteiger partial charge on any atom is -0.290 e. The molecule has 0 aromatic carbocycles. The van der Waals surface area contributed by atoms with Crippen molar-refractivity contribution in [3.05, 3.63) is 22.1 Å². The first-order valence-electron chi connectivity index (χ1n) is 7.19. The molecule has 0 N–H and O–H groups in total. The maximum atomic E-state index is 12.0. The number of Topliss-reactive ketones (excluding diaryl/α,β-unsaturated/α-hetero) is 1. The molecule has 1 rings (SSSR count). The van der Waals surface area contributed by atoms with Gasteiger partial charge in [0.2, 0.25) is 0 Å². The van der Waals surface area contributed by atoms with E-state index < -0.39 is 0 Å². The van der Waals surface area contributed by atoms with E-state index in [1.165, 1.54) is 49.9 Å². The molecule has 0 radical (unpaired) electrons. The van der Waals surface area contributed by atoms with Crippen molar-refractivity contribution in [2.24, 2.45) is 0 Å². The number of thioether (sulfide) groups is 1. The Balaban J connectivity index is 2.29. The molecule has 1 aliphatic rings. The maximum Gasteiger partial charge on any atom is 0.195 e. The van der Waals surface area contributed by atoms with Crippen LogP contribution in [0.5, 0.6) is 0 Å². The average molecular weight is 280 g/mol. The molecule has 0 saturated heterocycles. The van der Waals surface area contributed by atoms with Gasteiger partial charge in [0.1, 0.15) is 0 Å². The number of hydrogen-bond acceptors (Lipinski definition) is 3. The van der Waals surface area contributed by atoms with Crippen LogP contribution in [-0.2, 0) is 9.59 Å². The van der Waals surface area contributed by atoms with E-state index in [1.54, 1.807) is 13.8 Å². The monoisotopic (exact) mass is 280 g/mol. The van der Waals surface area contributed by atoms with E-state index in [0.717, 1.165) is 12.2 Å². The minimum absolute atomic E-state index is 0.0115. The normalized spacial score (nSPS) is 16.1. The van der Waals surface area contributed by atoms with E-state index in [1.807, 2.05) is 0 Å². The lowest BCUT2D eigenvalue weighted by molar-refractivity contribution is -0.115. The highest BCUT2D eigenvalue weighted by molar-refractivity contribution is 8.04. The predicted octanol–water partition coefficient (Wildman–Crippen LogP) is 4.45. The van der Waals surface area contributed by atoms with Crippen molar-refractivity contribution in [1.82, 2.24) is 0 Å². The topological polar surface area (TPSA) is 34.1 Å². The molecule has 2 nitrogen and oxygen atoms in total. The first-order chi connectivity index (χ1) is 9.07. The fourth-order valence-corrected chi connectivity index (χ4v) is 3.05. The average Bonchev–Trinajstić information content (AvgIpc) is 2.41. The summed E-state index contributed by atoms with van der Waals surface area (Å²) in [5.74, 6) is 0.958. The number of ketones is 2. The van der Waals surface area contributed by atoms with E-state index in [9.17, 15) is 9.59 Å². The molecule has 0 spiro atoms. The molecule has 1 aliphatic carbocycles. The molecule has 0 aromatic heterocycles. The number of unbranched alkanes of at least 4 members (excludes halogenated alkanes) is 5. The molecule has 106 valence electrons. The molecule has 0 bridgehead atoms. The summed E-state index contributed by atoms with van der Waals surface area (Å²) in [5, 5.41) is 0. The number of carbonyl (C=O) groups excluding carboxylic acids is 2. The van der Waals surface area contributed by atoms with Crippen molar-refractivity contribution in [2.45, 2.75) is 59.3 Å². The Bertz CT molecular complexity index is 405. The number of rotatable bonds is 8. The zero-order valence-corrected chi connectivity index (χ0v) is 13.1. The summed E-state index contributed by atoms with van der Waals surface area (Å²) >= 11 is 1.54. The minimum atomic E-state index is -0.0115. The summed E-state index contributed by atoms with van der Waals surface area (Å²) < 4.78 is 0. The van der Waals surface area contributed by atoms with Crippen LogP contribution in [0.1, 0.15) is 59.3 Å². The van der Waals surface area contributed by atoms with E-state index in [-0.39, 0.29) is 11.6 Å². The quantitative estimate of drug-likeness (QED) is 0.486. The zero-order valence-electron chi connectivity index (χ0n) is 12.3. The number of carbonyl (C=O) groups is 2. The summed E-state index contributed by atoms with van der Waals surface area (Å²) in [7, 11) is 0. The molecular weight excluding hydrogens is 256 g/mol. The molecule has 0 heterocycles. The maximum absolute atomic E-state index is 12.0. The van der Waals surface area contributed by atoms with Crippen LogP contribution in [0.25, 0.3) is 0 Å². The summed E-state index contributed by atoms with van der Waals surface area (Å²) in [6.07, 6.45) is 9.01. The highest BCUT2D eigenvalue weighted by atomic mass is 32.2. The van der Waals surface area contributed by atoms with E-state index in [0.29, 0.717) is 16.1 Å². The van der Waals surface area contributed by atoms with Gasteiger partial charge in [-0.2, -0.15) is 0 Å². The zero-order chi connectivity index (χ0) is 14.3. The van der Waals surface area contributed by atoms with E-state index >= 15 is 0 Å². The van der Waals surface area contributed by atoms with Gasteiger partial charge in [0, 0.05) is 17.2 Å². The standard InChI is InChI=1S/C16H24O2S/c1-4-5-6-7-8-9-10-19-15-11-14(17)12(2)13(3)16(15)18/h11H,4-10H2,1-3H3. The Morgan fingerprint density at radius 1 is 0.947 bits per heavy atom. The summed E-state index contributed by atoms with van der Waals surface area (Å²) in [6, 6.07) is 0. The summed E-state index contributed by atoms with van der Waals surface area (Å²) in [6.45, 7) is 5.68. The van der Waals surface area contributed by atoms with Crippen LogP contribution >= 0.6 is 11.8 Å². The van der Waals surface area contributed by atoms with Crippen molar-refractivity contribution in [1.29, 1.82) is 0 Å². The lowest BCUT2D eigenvalue weighted by Gasteiger charge is -2.13. The van der Waals surface area contributed by atoms with Gasteiger partial charge in [0.25, 0.3) is 0 Å². The summed E-state index contributed by atoms with van der Waals surface area (Å²) in [5.41, 5.74) is 1.20. The largest absolute Gasteiger partial charge is 0.290 e. The Labute approximate surface area is 120 Å². The van der Waals surface area contributed by atoms with Crippen LogP contribution in [0.4, 0.5) is 0 Å². The SMILES string of the molecule is CCCCCCCCSC1=CC(=O)C(C)=C(C)C1=O. The van der Waals surface area contributed by atoms with E-state index in [4.69, 9.17) is 0 Å². The molecule has 0 atom stereocenters. The van der Waals surface area contributed by atoms with Crippen molar-refractivity contribution >= 4 is 23.3 Å². The third kappa shape index (κ3) is 4.98. The molecule has 0 aliphatic heterocycles. The molecule has 0 amide bonds. The number of hydrogen-bond donors (Lipinski definition) is 0. The van der Waals surface area contributed by atoms with Crippen LogP contribution < -0.4 is 0 Å². The van der Waals surface area contributed by atoms with Gasteiger partial charge in [0.05, 0.1) is 4.91 Å². The number of allylic oxidation sites excluding steroid dienone is 4. The first kappa shape index (κ1) is 16.2. The molecule has 0 aromatic rings. The van der Waals surface area contributed by atoms with Crippen molar-refractivity contribution in [3.63, 3.8) is 0 Å². The molecule has 0 saturated carbocycles. The fraction of sp³-hybridized carbons (Fsp3) is 0.625. The van der Waals surface area contributed by atoms with Gasteiger partial charge in [0.15, 0.2) is 11.6 Å². The van der Waals surface area contributed by atoms with Gasteiger partial charge < -0.3 is 0 Å². The van der Waals surface area contributed by atoms with Gasteiger partial charge in [-0.15, -0.1) is 11.8 Å². The lowest BCUT2D eigenvalue weighted by Crippen LogP contribution is -2.15. The summed E-state index contributed by atoms with van der Waals surface area (Å²) in [4.78, 5) is 24.3. The molecule has 0 fully saturated rings. The Morgan fingerprint density at radius 2 is 1.58 bits per heavy atom. The van der Waals surface area contributed by atoms with Gasteiger partial charge in [-0.1, -0.05) is 39.0 Å². The highest BCUT2D eigenvalue weighted by Gasteiger charge is 2.22. The first-order valence-corrected chi connectivity index (χ1v) is 8.17. The second-order valence-corrected chi connectivity index (χ2v) is 6.20. The van der Waals surface area contributed by atoms with Gasteiger partial charge in [-0.25, -0.2) is 0 Å². The van der Waals surface area contributed by atoms with Gasteiger partial charge >= 0.3 is 0 Å². The molecule has 0 unspecified atom stereocenters. The lowest BCUT2D eigenvalue weighted by atomic mass is 9.97. The van der Waals surface area contributed by atoms with Crippen LogP contribution in [-0.4, -0.2) is 17.3 Å². The van der Waals surface area contributed by atoms with Crippen molar-refractivity contribution in [2.75, 3.05) is 5.75 Å². The van der Waals surface area contributed by atoms with Crippen LogP contribution in [0.3, 0.4) is 0 Å². The fourth-order valence-electron chi connectivity index (χ4n) is 2.00. The second-order valence-electron chi connectivity index (χ2n) is 5.07. The molecule has 19 heavy (non-hydrogen) atoms. The molecular formula is C16H24O2S. The van der Waals surface area contributed by atoms with Gasteiger partial charge in [-0.3, -0.25) is 9.59 Å². The smallest absolute Gasteiger partial charge is 0.195 e. The third-order valence-electron chi connectivity index (χ3n) is 3.51. The Morgan fingerprint density at radius 3 is 2.26 bits per heavy atom. The second kappa shape index (κ2) is 8.36. The van der Waals surface area contributed by atoms with Crippen molar-refractivity contribution in [3.8, 4) is 0 Å². The van der Waals surface area contributed by atoms with Crippen LogP contribution in [0.15, 0.2) is 22.1 Å². The van der Waals surface area contributed by atoms with Crippen molar-refractivity contribution < 1.29 is 9.59 Å². The van der Waals surface area contributed by atoms with E-state index in [2.05, 4.69) is 6.92 Å². The Kier molecular flexibility index (Phi) is 7.14. The van der Waals surface area contributed by atoms with Crippen LogP contribution in [0, 0.1) is 0 Å². The molecule has 3 heteroatoms. The third-order valence-corrected chi connectivity index (χ3v) is 4.62. The Hall–Kier alpha value is -0.830. The van der Waals surface area contributed by atoms with Crippen LogP contribution in [0.2, 0.25) is 0 Å². The predicted molar refractivity (Wildman–Crippen MR) is 82.3 cm³/mol. The highest BCUT2D eigenvalue weighted by Crippen LogP contribution is 2.27.